The van der Waals surface area contributed by atoms with Gasteiger partial charge in [0.2, 0.25) is 0 Å². The maximum absolute atomic E-state index is 11.3. The zero-order chi connectivity index (χ0) is 13.1. The lowest BCUT2D eigenvalue weighted by molar-refractivity contribution is 0.0690. The largest absolute Gasteiger partial charge is 0.478 e. The van der Waals surface area contributed by atoms with E-state index in [1.807, 2.05) is 5.38 Å². The normalized spacial score (nSPS) is 10.5. The molecule has 0 saturated carbocycles. The lowest BCUT2D eigenvalue weighted by atomic mass is 10.2. The summed E-state index contributed by atoms with van der Waals surface area (Å²) in [5.41, 5.74) is 2.34. The Morgan fingerprint density at radius 1 is 1.61 bits per heavy atom. The van der Waals surface area contributed by atoms with Crippen LogP contribution >= 0.6 is 23.1 Å². The summed E-state index contributed by atoms with van der Waals surface area (Å²) in [6.45, 7) is 1.54. The number of carboxylic acid groups (broad SMARTS) is 1. The molecule has 18 heavy (non-hydrogen) atoms. The number of thioether (sulfide) groups is 1. The van der Waals surface area contributed by atoms with Crippen LogP contribution < -0.4 is 5.69 Å². The fraction of sp³-hybridized carbons (Fsp3) is 0.200. The van der Waals surface area contributed by atoms with Crippen molar-refractivity contribution in [2.75, 3.05) is 0 Å². The Morgan fingerprint density at radius 2 is 2.39 bits per heavy atom. The van der Waals surface area contributed by atoms with E-state index < -0.39 is 11.7 Å². The van der Waals surface area contributed by atoms with Gasteiger partial charge in [0.15, 0.2) is 0 Å². The minimum Gasteiger partial charge on any atom is -0.478 e. The molecule has 0 aliphatic carbocycles. The molecule has 2 rings (SSSR count). The summed E-state index contributed by atoms with van der Waals surface area (Å²) >= 11 is 2.66. The maximum atomic E-state index is 11.3. The van der Waals surface area contributed by atoms with Gasteiger partial charge in [0, 0.05) is 16.8 Å². The van der Waals surface area contributed by atoms with E-state index in [1.54, 1.807) is 12.4 Å². The molecule has 2 N–H and O–H groups in total. The highest BCUT2D eigenvalue weighted by atomic mass is 32.2. The average molecular weight is 283 g/mol. The summed E-state index contributed by atoms with van der Waals surface area (Å²) in [6.07, 6.45) is 0. The molecule has 0 unspecified atom stereocenters. The first kappa shape index (κ1) is 12.8. The quantitative estimate of drug-likeness (QED) is 0.652. The lowest BCUT2D eigenvalue weighted by Crippen LogP contribution is -2.18. The summed E-state index contributed by atoms with van der Waals surface area (Å²) in [5, 5.41) is 11.2. The number of aryl methyl sites for hydroxylation is 1. The third kappa shape index (κ3) is 2.77. The molecule has 2 aromatic heterocycles. The average Bonchev–Trinajstić information content (AvgIpc) is 2.77. The minimum atomic E-state index is -1.10. The lowest BCUT2D eigenvalue weighted by Gasteiger charge is -2.05. The van der Waals surface area contributed by atoms with E-state index in [4.69, 9.17) is 5.11 Å². The van der Waals surface area contributed by atoms with Crippen molar-refractivity contribution in [2.45, 2.75) is 17.7 Å². The molecule has 2 heterocycles. The molecule has 6 nitrogen and oxygen atoms in total. The molecular weight excluding hydrogens is 274 g/mol. The SMILES string of the molecule is Cc1[nH]c(=O)nc(SCc2cscn2)c1C(=O)O. The van der Waals surface area contributed by atoms with Gasteiger partial charge in [-0.1, -0.05) is 11.8 Å². The number of H-pyrrole nitrogens is 1. The molecule has 0 bridgehead atoms. The first-order valence-electron chi connectivity index (χ1n) is 4.92. The van der Waals surface area contributed by atoms with Crippen LogP contribution in [0.2, 0.25) is 0 Å². The highest BCUT2D eigenvalue weighted by molar-refractivity contribution is 7.98. The van der Waals surface area contributed by atoms with E-state index in [9.17, 15) is 9.59 Å². The van der Waals surface area contributed by atoms with Crippen molar-refractivity contribution >= 4 is 29.1 Å². The molecular formula is C10H9N3O3S2. The molecule has 0 aliphatic rings. The molecule has 8 heteroatoms. The minimum absolute atomic E-state index is 0.0369. The molecule has 0 spiro atoms. The van der Waals surface area contributed by atoms with E-state index in [0.717, 1.165) is 5.69 Å². The van der Waals surface area contributed by atoms with Gasteiger partial charge in [0.05, 0.1) is 11.2 Å². The van der Waals surface area contributed by atoms with Gasteiger partial charge in [-0.25, -0.2) is 14.6 Å². The molecule has 0 amide bonds. The third-order valence-corrected chi connectivity index (χ3v) is 3.78. The van der Waals surface area contributed by atoms with E-state index in [-0.39, 0.29) is 10.6 Å². The van der Waals surface area contributed by atoms with Crippen LogP contribution in [-0.2, 0) is 5.75 Å². The van der Waals surface area contributed by atoms with Crippen molar-refractivity contribution in [2.24, 2.45) is 0 Å². The molecule has 0 atom stereocenters. The first-order chi connectivity index (χ1) is 8.58. The number of hydrogen-bond acceptors (Lipinski definition) is 6. The highest BCUT2D eigenvalue weighted by Gasteiger charge is 2.17. The number of aromatic carboxylic acids is 1. The number of aromatic nitrogens is 3. The summed E-state index contributed by atoms with van der Waals surface area (Å²) in [7, 11) is 0. The molecule has 0 radical (unpaired) electrons. The molecule has 94 valence electrons. The standard InChI is InChI=1S/C10H9N3O3S2/c1-5-7(9(14)15)8(13-10(16)12-5)18-3-6-2-17-4-11-6/h2,4H,3H2,1H3,(H,14,15)(H,12,13,16). The second-order valence-corrected chi connectivity index (χ2v) is 5.10. The highest BCUT2D eigenvalue weighted by Crippen LogP contribution is 2.24. The maximum Gasteiger partial charge on any atom is 0.346 e. The van der Waals surface area contributed by atoms with Gasteiger partial charge in [-0.3, -0.25) is 0 Å². The predicted octanol–water partition coefficient (Wildman–Crippen LogP) is 1.53. The Labute approximate surface area is 110 Å². The van der Waals surface area contributed by atoms with Crippen LogP contribution in [-0.4, -0.2) is 26.0 Å². The van der Waals surface area contributed by atoms with E-state index in [2.05, 4.69) is 15.0 Å². The van der Waals surface area contributed by atoms with Crippen molar-refractivity contribution < 1.29 is 9.90 Å². The summed E-state index contributed by atoms with van der Waals surface area (Å²) in [4.78, 5) is 32.6. The monoisotopic (exact) mass is 283 g/mol. The molecule has 0 fully saturated rings. The number of carbonyl (C=O) groups is 1. The second kappa shape index (κ2) is 5.32. The number of nitrogens with one attached hydrogen (secondary N) is 1. The Bertz CT molecular complexity index is 622. The first-order valence-corrected chi connectivity index (χ1v) is 6.85. The van der Waals surface area contributed by atoms with Crippen LogP contribution in [0.25, 0.3) is 0 Å². The van der Waals surface area contributed by atoms with Crippen molar-refractivity contribution in [3.05, 3.63) is 38.3 Å². The fourth-order valence-corrected chi connectivity index (χ4v) is 3.01. The Balaban J connectivity index is 2.31. The van der Waals surface area contributed by atoms with E-state index in [0.29, 0.717) is 11.4 Å². The smallest absolute Gasteiger partial charge is 0.346 e. The van der Waals surface area contributed by atoms with Crippen LogP contribution in [0.15, 0.2) is 20.7 Å². The van der Waals surface area contributed by atoms with Crippen LogP contribution in [0.3, 0.4) is 0 Å². The summed E-state index contributed by atoms with van der Waals surface area (Å²) < 4.78 is 0. The molecule has 0 aromatic carbocycles. The summed E-state index contributed by atoms with van der Waals surface area (Å²) in [6, 6.07) is 0. The predicted molar refractivity (Wildman–Crippen MR) is 68.2 cm³/mol. The van der Waals surface area contributed by atoms with Crippen LogP contribution in [0.5, 0.6) is 0 Å². The van der Waals surface area contributed by atoms with E-state index >= 15 is 0 Å². The van der Waals surface area contributed by atoms with Crippen molar-refractivity contribution in [1.82, 2.24) is 15.0 Å². The number of carboxylic acids is 1. The Kier molecular flexibility index (Phi) is 3.78. The van der Waals surface area contributed by atoms with Crippen molar-refractivity contribution in [1.29, 1.82) is 0 Å². The molecule has 2 aromatic rings. The zero-order valence-corrected chi connectivity index (χ0v) is 11.0. The van der Waals surface area contributed by atoms with Crippen LogP contribution in [0, 0.1) is 6.92 Å². The van der Waals surface area contributed by atoms with Gasteiger partial charge >= 0.3 is 11.7 Å². The van der Waals surface area contributed by atoms with Gasteiger partial charge in [0.25, 0.3) is 0 Å². The Hall–Kier alpha value is -1.67. The van der Waals surface area contributed by atoms with Gasteiger partial charge in [0.1, 0.15) is 10.6 Å². The van der Waals surface area contributed by atoms with Crippen molar-refractivity contribution in [3.63, 3.8) is 0 Å². The van der Waals surface area contributed by atoms with Gasteiger partial charge in [-0.05, 0) is 6.92 Å². The zero-order valence-electron chi connectivity index (χ0n) is 9.34. The topological polar surface area (TPSA) is 95.9 Å². The van der Waals surface area contributed by atoms with Crippen molar-refractivity contribution in [3.8, 4) is 0 Å². The van der Waals surface area contributed by atoms with Gasteiger partial charge in [-0.2, -0.15) is 4.98 Å². The summed E-state index contributed by atoms with van der Waals surface area (Å²) in [5.74, 6) is -0.614. The Morgan fingerprint density at radius 3 is 3.00 bits per heavy atom. The number of rotatable bonds is 4. The number of thiazole rings is 1. The van der Waals surface area contributed by atoms with E-state index in [1.165, 1.54) is 23.1 Å². The molecule has 0 saturated heterocycles. The second-order valence-electron chi connectivity index (χ2n) is 3.42. The van der Waals surface area contributed by atoms with Gasteiger partial charge < -0.3 is 10.1 Å². The van der Waals surface area contributed by atoms with Crippen LogP contribution in [0.4, 0.5) is 0 Å². The number of aromatic amines is 1. The molecule has 0 aliphatic heterocycles. The third-order valence-electron chi connectivity index (χ3n) is 2.14. The number of nitrogens with zero attached hydrogens (tertiary/aromatic N) is 2. The number of hydrogen-bond donors (Lipinski definition) is 2. The fourth-order valence-electron chi connectivity index (χ4n) is 1.37. The van der Waals surface area contributed by atoms with Gasteiger partial charge in [-0.15, -0.1) is 11.3 Å². The van der Waals surface area contributed by atoms with Crippen LogP contribution in [0.1, 0.15) is 21.7 Å².